The first-order chi connectivity index (χ1) is 18.4. The van der Waals surface area contributed by atoms with Gasteiger partial charge in [0.1, 0.15) is 0 Å². The van der Waals surface area contributed by atoms with Crippen LogP contribution in [0.3, 0.4) is 0 Å². The molecule has 1 saturated heterocycles. The van der Waals surface area contributed by atoms with Crippen molar-refractivity contribution in [3.05, 3.63) is 89.1 Å². The van der Waals surface area contributed by atoms with Crippen LogP contribution >= 0.6 is 11.6 Å². The van der Waals surface area contributed by atoms with E-state index in [0.717, 1.165) is 55.2 Å². The summed E-state index contributed by atoms with van der Waals surface area (Å²) in [4.78, 5) is 35.2. The smallest absolute Gasteiger partial charge is 0.255 e. The second-order valence-corrected chi connectivity index (χ2v) is 9.74. The van der Waals surface area contributed by atoms with Gasteiger partial charge in [-0.3, -0.25) is 19.7 Å². The first-order valence-corrected chi connectivity index (χ1v) is 12.8. The normalized spacial score (nSPS) is 14.3. The maximum atomic E-state index is 13.0. The summed E-state index contributed by atoms with van der Waals surface area (Å²) in [7, 11) is 2.13. The number of aryl methyl sites for hydroxylation is 1. The Morgan fingerprint density at radius 2 is 1.87 bits per heavy atom. The lowest BCUT2D eigenvalue weighted by Crippen LogP contribution is -2.43. The summed E-state index contributed by atoms with van der Waals surface area (Å²) in [5, 5.41) is 6.71. The van der Waals surface area contributed by atoms with E-state index in [2.05, 4.69) is 47.4 Å². The molecule has 10 heteroatoms. The Morgan fingerprint density at radius 1 is 1.03 bits per heavy atom. The minimum absolute atomic E-state index is 0.260. The van der Waals surface area contributed by atoms with Crippen LogP contribution < -0.4 is 10.6 Å². The monoisotopic (exact) mass is 528 g/mol. The molecule has 0 aliphatic carbocycles. The van der Waals surface area contributed by atoms with Gasteiger partial charge in [-0.15, -0.1) is 0 Å². The lowest BCUT2D eigenvalue weighted by atomic mass is 10.1. The maximum Gasteiger partial charge on any atom is 0.255 e. The van der Waals surface area contributed by atoms with Gasteiger partial charge in [0.2, 0.25) is 5.95 Å². The average Bonchev–Trinajstić information content (AvgIpc) is 2.93. The maximum absolute atomic E-state index is 13.0. The lowest BCUT2D eigenvalue weighted by Gasteiger charge is -2.32. The standard InChI is InChI=1S/C28H29ClN8O/c1-19-26(35-28-31-9-7-25(34-28)21-4-3-8-30-16-21)15-23(17-32-19)33-27(38)20-5-6-22(24(29)14-20)18-37-12-10-36(2)11-13-37/h3-9,14-17H,10-13,18H2,1-2H3,(H,33,38)(H,31,34,35). The zero-order valence-corrected chi connectivity index (χ0v) is 22.1. The van der Waals surface area contributed by atoms with Crippen molar-refractivity contribution in [1.82, 2.24) is 29.7 Å². The Labute approximate surface area is 226 Å². The van der Waals surface area contributed by atoms with Crippen molar-refractivity contribution in [2.75, 3.05) is 43.9 Å². The number of hydrogen-bond donors (Lipinski definition) is 2. The molecule has 4 aromatic rings. The van der Waals surface area contributed by atoms with Gasteiger partial charge in [-0.25, -0.2) is 9.97 Å². The molecule has 9 nitrogen and oxygen atoms in total. The number of halogens is 1. The van der Waals surface area contributed by atoms with Gasteiger partial charge in [-0.05, 0) is 55.9 Å². The zero-order chi connectivity index (χ0) is 26.5. The third-order valence-electron chi connectivity index (χ3n) is 6.51. The molecule has 0 bridgehead atoms. The number of anilines is 3. The molecule has 0 saturated carbocycles. The van der Waals surface area contributed by atoms with Crippen LogP contribution in [0.1, 0.15) is 21.6 Å². The fourth-order valence-corrected chi connectivity index (χ4v) is 4.45. The summed E-state index contributed by atoms with van der Waals surface area (Å²) >= 11 is 6.56. The number of carbonyl (C=O) groups excluding carboxylic acids is 1. The summed E-state index contributed by atoms with van der Waals surface area (Å²) in [6.07, 6.45) is 6.77. The molecule has 2 N–H and O–H groups in total. The van der Waals surface area contributed by atoms with Crippen molar-refractivity contribution >= 4 is 34.8 Å². The van der Waals surface area contributed by atoms with E-state index in [0.29, 0.717) is 27.9 Å². The van der Waals surface area contributed by atoms with Crippen molar-refractivity contribution in [3.8, 4) is 11.3 Å². The van der Waals surface area contributed by atoms with Crippen molar-refractivity contribution < 1.29 is 4.79 Å². The van der Waals surface area contributed by atoms with Crippen LogP contribution in [0, 0.1) is 6.92 Å². The highest BCUT2D eigenvalue weighted by atomic mass is 35.5. The number of nitrogens with one attached hydrogen (secondary N) is 2. The quantitative estimate of drug-likeness (QED) is 0.358. The molecule has 1 aliphatic heterocycles. The van der Waals surface area contributed by atoms with E-state index in [4.69, 9.17) is 11.6 Å². The molecule has 194 valence electrons. The fourth-order valence-electron chi connectivity index (χ4n) is 4.21. The lowest BCUT2D eigenvalue weighted by molar-refractivity contribution is 0.102. The number of nitrogens with zero attached hydrogens (tertiary/aromatic N) is 6. The van der Waals surface area contributed by atoms with E-state index >= 15 is 0 Å². The molecule has 1 aromatic carbocycles. The van der Waals surface area contributed by atoms with Crippen molar-refractivity contribution in [1.29, 1.82) is 0 Å². The van der Waals surface area contributed by atoms with Gasteiger partial charge in [0.05, 0.1) is 29.0 Å². The number of carbonyl (C=O) groups is 1. The predicted octanol–water partition coefficient (Wildman–Crippen LogP) is 4.64. The van der Waals surface area contributed by atoms with Gasteiger partial charge in [0, 0.05) is 67.5 Å². The van der Waals surface area contributed by atoms with Gasteiger partial charge in [-0.1, -0.05) is 17.7 Å². The topological polar surface area (TPSA) is 99.2 Å². The van der Waals surface area contributed by atoms with Crippen LogP contribution in [0.25, 0.3) is 11.3 Å². The van der Waals surface area contributed by atoms with Gasteiger partial charge >= 0.3 is 0 Å². The summed E-state index contributed by atoms with van der Waals surface area (Å²) < 4.78 is 0. The predicted molar refractivity (Wildman–Crippen MR) is 150 cm³/mol. The van der Waals surface area contributed by atoms with Crippen LogP contribution in [0.2, 0.25) is 5.02 Å². The van der Waals surface area contributed by atoms with E-state index in [1.165, 1.54) is 0 Å². The van der Waals surface area contributed by atoms with Crippen LogP contribution in [0.4, 0.5) is 17.3 Å². The minimum atomic E-state index is -0.260. The number of hydrogen-bond acceptors (Lipinski definition) is 8. The van der Waals surface area contributed by atoms with Crippen LogP contribution in [0.5, 0.6) is 0 Å². The van der Waals surface area contributed by atoms with E-state index in [-0.39, 0.29) is 5.91 Å². The summed E-state index contributed by atoms with van der Waals surface area (Å²) in [6.45, 7) is 6.74. The molecule has 38 heavy (non-hydrogen) atoms. The number of pyridine rings is 2. The SMILES string of the molecule is Cc1ncc(NC(=O)c2ccc(CN3CCN(C)CC3)c(Cl)c2)cc1Nc1nccc(-c2cccnc2)n1. The second-order valence-electron chi connectivity index (χ2n) is 9.33. The molecule has 4 heterocycles. The highest BCUT2D eigenvalue weighted by Crippen LogP contribution is 2.24. The van der Waals surface area contributed by atoms with Crippen LogP contribution in [-0.4, -0.2) is 68.9 Å². The Balaban J connectivity index is 1.26. The molecule has 0 atom stereocenters. The summed E-state index contributed by atoms with van der Waals surface area (Å²) in [6, 6.07) is 12.9. The molecule has 1 aliphatic rings. The van der Waals surface area contributed by atoms with E-state index < -0.39 is 0 Å². The molecule has 0 unspecified atom stereocenters. The number of rotatable bonds is 7. The molecule has 0 radical (unpaired) electrons. The molecule has 1 amide bonds. The molecule has 3 aromatic heterocycles. The highest BCUT2D eigenvalue weighted by Gasteiger charge is 2.16. The largest absolute Gasteiger partial charge is 0.322 e. The van der Waals surface area contributed by atoms with E-state index in [9.17, 15) is 4.79 Å². The number of benzene rings is 1. The highest BCUT2D eigenvalue weighted by molar-refractivity contribution is 6.31. The van der Waals surface area contributed by atoms with Gasteiger partial charge < -0.3 is 15.5 Å². The van der Waals surface area contributed by atoms with Crippen molar-refractivity contribution in [3.63, 3.8) is 0 Å². The fraction of sp³-hybridized carbons (Fsp3) is 0.250. The van der Waals surface area contributed by atoms with Crippen molar-refractivity contribution in [2.45, 2.75) is 13.5 Å². The average molecular weight is 529 g/mol. The summed E-state index contributed by atoms with van der Waals surface area (Å²) in [5.74, 6) is 0.159. The summed E-state index contributed by atoms with van der Waals surface area (Å²) in [5.41, 5.74) is 5.12. The van der Waals surface area contributed by atoms with Gasteiger partial charge in [0.25, 0.3) is 5.91 Å². The number of piperazine rings is 1. The molecule has 0 spiro atoms. The Hall–Kier alpha value is -3.92. The third kappa shape index (κ3) is 6.31. The van der Waals surface area contributed by atoms with E-state index in [1.807, 2.05) is 43.3 Å². The molecular weight excluding hydrogens is 500 g/mol. The number of aromatic nitrogens is 4. The van der Waals surface area contributed by atoms with Gasteiger partial charge in [-0.2, -0.15) is 0 Å². The second kappa shape index (κ2) is 11.6. The Bertz CT molecular complexity index is 1420. The van der Waals surface area contributed by atoms with Crippen molar-refractivity contribution in [2.24, 2.45) is 0 Å². The molecular formula is C28H29ClN8O. The third-order valence-corrected chi connectivity index (χ3v) is 6.86. The Morgan fingerprint density at radius 3 is 2.63 bits per heavy atom. The Kier molecular flexibility index (Phi) is 7.88. The first-order valence-electron chi connectivity index (χ1n) is 12.4. The minimum Gasteiger partial charge on any atom is -0.322 e. The first kappa shape index (κ1) is 25.7. The number of likely N-dealkylation sites (N-methyl/N-ethyl adjacent to an activating group) is 1. The molecule has 1 fully saturated rings. The zero-order valence-electron chi connectivity index (χ0n) is 21.4. The van der Waals surface area contributed by atoms with E-state index in [1.54, 1.807) is 30.9 Å². The van der Waals surface area contributed by atoms with Crippen LogP contribution in [-0.2, 0) is 6.54 Å². The van der Waals surface area contributed by atoms with Gasteiger partial charge in [0.15, 0.2) is 0 Å². The molecule has 5 rings (SSSR count). The number of amides is 1. The van der Waals surface area contributed by atoms with Crippen LogP contribution in [0.15, 0.2) is 67.3 Å².